The molecule has 0 rings (SSSR count). The van der Waals surface area contributed by atoms with E-state index in [1.807, 2.05) is 6.21 Å². The third kappa shape index (κ3) is 33.9. The van der Waals surface area contributed by atoms with E-state index in [-0.39, 0.29) is 31.0 Å². The Balaban J connectivity index is -0.00000512. The summed E-state index contributed by atoms with van der Waals surface area (Å²) in [7, 11) is 0. The number of hydrogen-bond donors (Lipinski definition) is 2. The molecular weight excluding hydrogens is 451 g/mol. The van der Waals surface area contributed by atoms with Crippen LogP contribution in [0, 0.1) is 0 Å². The van der Waals surface area contributed by atoms with Crippen molar-refractivity contribution in [3.05, 3.63) is 0 Å². The van der Waals surface area contributed by atoms with E-state index in [9.17, 15) is 4.79 Å². The molecule has 0 aliphatic heterocycles. The van der Waals surface area contributed by atoms with E-state index < -0.39 is 5.97 Å². The summed E-state index contributed by atoms with van der Waals surface area (Å²) in [5, 5.41) is 12.5. The zero-order valence-electron chi connectivity index (χ0n) is 22.6. The van der Waals surface area contributed by atoms with Crippen molar-refractivity contribution in [2.75, 3.05) is 52.9 Å². The first kappa shape index (κ1) is 35.9. The summed E-state index contributed by atoms with van der Waals surface area (Å²) in [6, 6.07) is 0. The Kier molecular flexibility index (Phi) is 34.6. The predicted molar refractivity (Wildman–Crippen MR) is 130 cm³/mol. The Morgan fingerprint density at radius 1 is 0.676 bits per heavy atom. The van der Waals surface area contributed by atoms with Crippen LogP contribution in [0.3, 0.4) is 0 Å². The molecule has 0 spiro atoms. The maximum Gasteiger partial charge on any atom is 1.00 e. The summed E-state index contributed by atoms with van der Waals surface area (Å²) in [6.07, 6.45) is 17.6. The quantitative estimate of drug-likeness (QED) is 0.0719. The fourth-order valence-electron chi connectivity index (χ4n) is 3.18. The molecular formula is C24H49N2NaO7. The molecule has 3 N–H and O–H groups in total. The fourth-order valence-corrected chi connectivity index (χ4v) is 3.18. The van der Waals surface area contributed by atoms with Crippen LogP contribution in [0.25, 0.3) is 0 Å². The van der Waals surface area contributed by atoms with Gasteiger partial charge in [-0.2, -0.15) is 0 Å². The topological polar surface area (TPSA) is 122 Å². The van der Waals surface area contributed by atoms with E-state index in [1.54, 1.807) is 0 Å². The Hall–Kier alpha value is -0.260. The summed E-state index contributed by atoms with van der Waals surface area (Å²) in [5.41, 5.74) is 0. The van der Waals surface area contributed by atoms with E-state index >= 15 is 0 Å². The number of nitrogens with zero attached hydrogens (tertiary/aromatic N) is 1. The molecule has 0 saturated heterocycles. The molecule has 0 atom stereocenters. The van der Waals surface area contributed by atoms with Gasteiger partial charge in [0, 0.05) is 12.6 Å². The van der Waals surface area contributed by atoms with Gasteiger partial charge in [-0.1, -0.05) is 69.4 Å². The molecule has 0 radical (unpaired) electrons. The van der Waals surface area contributed by atoms with Crippen LogP contribution in [0.2, 0.25) is 0 Å². The molecule has 0 amide bonds. The van der Waals surface area contributed by atoms with Gasteiger partial charge in [0.05, 0.1) is 46.2 Å². The number of rotatable bonds is 28. The van der Waals surface area contributed by atoms with E-state index in [0.717, 1.165) is 25.7 Å². The van der Waals surface area contributed by atoms with Crippen LogP contribution >= 0.6 is 0 Å². The Bertz CT molecular complexity index is 439. The number of carboxylic acids is 1. The second-order valence-electron chi connectivity index (χ2n) is 8.00. The standard InChI is InChI=1S/C24H48N2O7.Na.H/c25-32-22-20-30-18-16-29-17-19-31-21-23-33-26-15-13-11-9-7-5-3-1-2-4-6-8-10-12-14-24(27)28;;/h15H,1-14,16-23,25H2,(H,27,28);;/q;+1;-1. The summed E-state index contributed by atoms with van der Waals surface area (Å²) >= 11 is 0. The average molecular weight is 501 g/mol. The van der Waals surface area contributed by atoms with Gasteiger partial charge < -0.3 is 30.4 Å². The minimum atomic E-state index is -0.677. The monoisotopic (exact) mass is 500 g/mol. The first-order valence-corrected chi connectivity index (χ1v) is 12.7. The maximum absolute atomic E-state index is 10.4. The summed E-state index contributed by atoms with van der Waals surface area (Å²) < 4.78 is 16.0. The number of ether oxygens (including phenoxy) is 3. The van der Waals surface area contributed by atoms with Crippen LogP contribution in [-0.4, -0.2) is 70.1 Å². The molecule has 0 aromatic carbocycles. The van der Waals surface area contributed by atoms with Crippen molar-refractivity contribution < 1.29 is 64.8 Å². The van der Waals surface area contributed by atoms with Gasteiger partial charge in [-0.05, 0) is 19.3 Å². The Morgan fingerprint density at radius 2 is 1.09 bits per heavy atom. The summed E-state index contributed by atoms with van der Waals surface area (Å²) in [6.45, 7) is 3.87. The van der Waals surface area contributed by atoms with Crippen molar-refractivity contribution in [2.24, 2.45) is 11.1 Å². The molecule has 0 aliphatic rings. The molecule has 10 heteroatoms. The average Bonchev–Trinajstić information content (AvgIpc) is 2.80. The third-order valence-corrected chi connectivity index (χ3v) is 5.03. The van der Waals surface area contributed by atoms with Crippen LogP contribution in [-0.2, 0) is 28.7 Å². The number of hydrogen-bond acceptors (Lipinski definition) is 8. The number of nitrogens with two attached hydrogens (primary N) is 1. The maximum atomic E-state index is 10.4. The molecule has 0 unspecified atom stereocenters. The summed E-state index contributed by atoms with van der Waals surface area (Å²) in [4.78, 5) is 20.0. The molecule has 0 aromatic heterocycles. The SMILES string of the molecule is NOCCOCCOCCOCCON=CCCCCCCCCCCCCCCC(=O)O.[H-].[Na+]. The molecule has 0 aromatic rings. The van der Waals surface area contributed by atoms with Crippen LogP contribution < -0.4 is 35.5 Å². The normalized spacial score (nSPS) is 11.1. The van der Waals surface area contributed by atoms with Gasteiger partial charge in [-0.15, -0.1) is 0 Å². The molecule has 0 bridgehead atoms. The van der Waals surface area contributed by atoms with Crippen LogP contribution in [0.1, 0.15) is 91.3 Å². The molecule has 0 saturated carbocycles. The Morgan fingerprint density at radius 3 is 1.56 bits per heavy atom. The second-order valence-corrected chi connectivity index (χ2v) is 8.00. The van der Waals surface area contributed by atoms with Crippen molar-refractivity contribution in [3.8, 4) is 0 Å². The molecule has 198 valence electrons. The second kappa shape index (κ2) is 32.7. The minimum Gasteiger partial charge on any atom is -1.00 e. The Labute approximate surface area is 230 Å². The zero-order valence-corrected chi connectivity index (χ0v) is 23.6. The zero-order chi connectivity index (χ0) is 24.1. The number of oxime groups is 1. The van der Waals surface area contributed by atoms with Gasteiger partial charge >= 0.3 is 35.5 Å². The largest absolute Gasteiger partial charge is 1.00 e. The van der Waals surface area contributed by atoms with Gasteiger partial charge in [0.25, 0.3) is 0 Å². The van der Waals surface area contributed by atoms with E-state index in [4.69, 9.17) is 30.1 Å². The fraction of sp³-hybridized carbons (Fsp3) is 0.917. The van der Waals surface area contributed by atoms with Crippen molar-refractivity contribution in [3.63, 3.8) is 0 Å². The smallest absolute Gasteiger partial charge is 1.00 e. The first-order valence-electron chi connectivity index (χ1n) is 12.7. The number of unbranched alkanes of at least 4 members (excludes halogenated alkanes) is 12. The first-order chi connectivity index (χ1) is 16.3. The number of carbonyl (C=O) groups is 1. The van der Waals surface area contributed by atoms with Gasteiger partial charge in [0.1, 0.15) is 6.61 Å². The van der Waals surface area contributed by atoms with Crippen LogP contribution in [0.15, 0.2) is 5.16 Å². The van der Waals surface area contributed by atoms with Gasteiger partial charge in [-0.3, -0.25) is 4.79 Å². The third-order valence-electron chi connectivity index (χ3n) is 5.03. The molecule has 34 heavy (non-hydrogen) atoms. The molecule has 0 heterocycles. The minimum absolute atomic E-state index is 0. The van der Waals surface area contributed by atoms with E-state index in [0.29, 0.717) is 59.3 Å². The molecule has 9 nitrogen and oxygen atoms in total. The van der Waals surface area contributed by atoms with Crippen molar-refractivity contribution in [2.45, 2.75) is 89.9 Å². The van der Waals surface area contributed by atoms with Gasteiger partial charge in [-0.25, -0.2) is 5.90 Å². The summed E-state index contributed by atoms with van der Waals surface area (Å²) in [5.74, 6) is 4.20. The number of carboxylic acid groups (broad SMARTS) is 1. The van der Waals surface area contributed by atoms with Crippen LogP contribution in [0.5, 0.6) is 0 Å². The predicted octanol–water partition coefficient (Wildman–Crippen LogP) is 1.59. The van der Waals surface area contributed by atoms with Gasteiger partial charge in [0.2, 0.25) is 0 Å². The van der Waals surface area contributed by atoms with Crippen LogP contribution in [0.4, 0.5) is 0 Å². The van der Waals surface area contributed by atoms with E-state index in [2.05, 4.69) is 9.99 Å². The van der Waals surface area contributed by atoms with Crippen molar-refractivity contribution in [1.29, 1.82) is 0 Å². The van der Waals surface area contributed by atoms with Crippen molar-refractivity contribution >= 4 is 12.2 Å². The number of aliphatic carboxylic acids is 1. The molecule has 0 fully saturated rings. The van der Waals surface area contributed by atoms with Crippen molar-refractivity contribution in [1.82, 2.24) is 0 Å². The van der Waals surface area contributed by atoms with E-state index in [1.165, 1.54) is 57.8 Å². The molecule has 0 aliphatic carbocycles. The van der Waals surface area contributed by atoms with Gasteiger partial charge in [0.15, 0.2) is 0 Å².